The van der Waals surface area contributed by atoms with Crippen LogP contribution in [-0.2, 0) is 0 Å². The third-order valence-corrected chi connectivity index (χ3v) is 3.78. The summed E-state index contributed by atoms with van der Waals surface area (Å²) >= 11 is 6.12. The fourth-order valence-electron chi connectivity index (χ4n) is 2.10. The Hall–Kier alpha value is -2.12. The fraction of sp³-hybridized carbons (Fsp3) is 0.438. The molecule has 0 fully saturated rings. The van der Waals surface area contributed by atoms with Gasteiger partial charge in [0.2, 0.25) is 5.95 Å². The predicted molar refractivity (Wildman–Crippen MR) is 97.5 cm³/mol. The second-order valence-electron chi connectivity index (χ2n) is 5.68. The van der Waals surface area contributed by atoms with Crippen LogP contribution in [0.2, 0.25) is 5.02 Å². The number of aryl methyl sites for hydroxylation is 1. The molecule has 0 aliphatic rings. The van der Waals surface area contributed by atoms with E-state index in [1.54, 1.807) is 19.4 Å². The number of benzene rings is 1. The van der Waals surface area contributed by atoms with Crippen LogP contribution in [0.1, 0.15) is 12.0 Å². The van der Waals surface area contributed by atoms with Crippen molar-refractivity contribution in [1.29, 1.82) is 0 Å². The van der Waals surface area contributed by atoms with Gasteiger partial charge in [0.05, 0.1) is 19.0 Å². The van der Waals surface area contributed by atoms with Crippen LogP contribution in [0.3, 0.4) is 0 Å². The number of aromatic nitrogens is 3. The van der Waals surface area contributed by atoms with Crippen LogP contribution >= 0.6 is 11.6 Å². The van der Waals surface area contributed by atoms with Gasteiger partial charge in [0.1, 0.15) is 5.75 Å². The second kappa shape index (κ2) is 8.65. The van der Waals surface area contributed by atoms with E-state index in [1.807, 2.05) is 13.0 Å². The first kappa shape index (κ1) is 18.2. The maximum atomic E-state index is 6.12. The molecule has 0 aliphatic carbocycles. The van der Waals surface area contributed by atoms with Crippen molar-refractivity contribution in [3.05, 3.63) is 28.9 Å². The lowest BCUT2D eigenvalue weighted by Crippen LogP contribution is -2.17. The van der Waals surface area contributed by atoms with Crippen molar-refractivity contribution in [1.82, 2.24) is 20.1 Å². The van der Waals surface area contributed by atoms with E-state index >= 15 is 0 Å². The van der Waals surface area contributed by atoms with E-state index in [4.69, 9.17) is 16.3 Å². The smallest absolute Gasteiger partial charge is 0.249 e. The van der Waals surface area contributed by atoms with E-state index in [1.165, 1.54) is 0 Å². The first-order chi connectivity index (χ1) is 11.5. The Kier molecular flexibility index (Phi) is 6.57. The number of ether oxygens (including phenoxy) is 1. The number of methoxy groups -OCH3 is 1. The largest absolute Gasteiger partial charge is 0.495 e. The van der Waals surface area contributed by atoms with Crippen LogP contribution in [0.25, 0.3) is 0 Å². The Bertz CT molecular complexity index is 680. The minimum Gasteiger partial charge on any atom is -0.495 e. The summed E-state index contributed by atoms with van der Waals surface area (Å²) in [4.78, 5) is 6.56. The summed E-state index contributed by atoms with van der Waals surface area (Å²) in [5, 5.41) is 15.0. The van der Waals surface area contributed by atoms with E-state index in [2.05, 4.69) is 44.8 Å². The highest BCUT2D eigenvalue weighted by atomic mass is 35.5. The molecule has 2 aromatic rings. The van der Waals surface area contributed by atoms with Gasteiger partial charge in [-0.05, 0) is 45.6 Å². The van der Waals surface area contributed by atoms with Crippen molar-refractivity contribution >= 4 is 29.1 Å². The Labute approximate surface area is 147 Å². The van der Waals surface area contributed by atoms with Crippen molar-refractivity contribution < 1.29 is 4.74 Å². The first-order valence-corrected chi connectivity index (χ1v) is 8.07. The van der Waals surface area contributed by atoms with Crippen LogP contribution < -0.4 is 15.4 Å². The molecule has 0 saturated heterocycles. The lowest BCUT2D eigenvalue weighted by atomic mass is 10.2. The van der Waals surface area contributed by atoms with Gasteiger partial charge in [-0.3, -0.25) is 0 Å². The average molecular weight is 351 g/mol. The van der Waals surface area contributed by atoms with Gasteiger partial charge in [0, 0.05) is 17.6 Å². The van der Waals surface area contributed by atoms with Crippen LogP contribution in [0, 0.1) is 6.92 Å². The Morgan fingerprint density at radius 1 is 1.29 bits per heavy atom. The number of hydrogen-bond donors (Lipinski definition) is 2. The van der Waals surface area contributed by atoms with Gasteiger partial charge >= 0.3 is 0 Å². The molecule has 8 heteroatoms. The van der Waals surface area contributed by atoms with Gasteiger partial charge in [-0.2, -0.15) is 10.1 Å². The number of nitrogens with zero attached hydrogens (tertiary/aromatic N) is 4. The molecular formula is C16H23ClN6O. The van der Waals surface area contributed by atoms with Gasteiger partial charge in [0.15, 0.2) is 5.82 Å². The van der Waals surface area contributed by atoms with E-state index in [0.29, 0.717) is 22.5 Å². The topological polar surface area (TPSA) is 75.2 Å². The van der Waals surface area contributed by atoms with Crippen LogP contribution in [-0.4, -0.2) is 54.4 Å². The molecule has 0 atom stereocenters. The predicted octanol–water partition coefficient (Wildman–Crippen LogP) is 2.95. The molecule has 1 aromatic carbocycles. The Balaban J connectivity index is 2.05. The zero-order chi connectivity index (χ0) is 17.5. The lowest BCUT2D eigenvalue weighted by Gasteiger charge is -2.13. The summed E-state index contributed by atoms with van der Waals surface area (Å²) in [5.74, 6) is 1.70. The highest BCUT2D eigenvalue weighted by molar-refractivity contribution is 6.31. The molecule has 130 valence electrons. The molecule has 2 N–H and O–H groups in total. The van der Waals surface area contributed by atoms with Crippen molar-refractivity contribution in [2.24, 2.45) is 0 Å². The van der Waals surface area contributed by atoms with Crippen LogP contribution in [0.5, 0.6) is 5.75 Å². The number of nitrogens with one attached hydrogen (secondary N) is 2. The maximum absolute atomic E-state index is 6.12. The Morgan fingerprint density at radius 2 is 2.08 bits per heavy atom. The summed E-state index contributed by atoms with van der Waals surface area (Å²) in [6.07, 6.45) is 2.62. The molecule has 0 radical (unpaired) electrons. The zero-order valence-corrected chi connectivity index (χ0v) is 15.2. The van der Waals surface area contributed by atoms with Crippen molar-refractivity contribution in [3.63, 3.8) is 0 Å². The molecule has 7 nitrogen and oxygen atoms in total. The normalized spacial score (nSPS) is 10.8. The minimum absolute atomic E-state index is 0.396. The molecule has 2 rings (SSSR count). The lowest BCUT2D eigenvalue weighted by molar-refractivity contribution is 0.405. The molecule has 0 saturated carbocycles. The fourth-order valence-corrected chi connectivity index (χ4v) is 2.26. The highest BCUT2D eigenvalue weighted by Gasteiger charge is 2.09. The van der Waals surface area contributed by atoms with Gasteiger partial charge < -0.3 is 20.3 Å². The quantitative estimate of drug-likeness (QED) is 0.709. The molecule has 24 heavy (non-hydrogen) atoms. The third-order valence-electron chi connectivity index (χ3n) is 3.37. The highest BCUT2D eigenvalue weighted by Crippen LogP contribution is 2.32. The molecule has 0 unspecified atom stereocenters. The van der Waals surface area contributed by atoms with Crippen molar-refractivity contribution in [3.8, 4) is 5.75 Å². The monoisotopic (exact) mass is 350 g/mol. The first-order valence-electron chi connectivity index (χ1n) is 7.69. The zero-order valence-electron chi connectivity index (χ0n) is 14.4. The SMILES string of the molecule is COc1cc(Cl)c(C)cc1Nc1nncc(NCCCN(C)C)n1. The third kappa shape index (κ3) is 5.21. The summed E-state index contributed by atoms with van der Waals surface area (Å²) < 4.78 is 5.34. The standard InChI is InChI=1S/C16H23ClN6O/c1-11-8-13(14(24-4)9-12(11)17)20-16-21-15(10-19-22-16)18-6-5-7-23(2)3/h8-10H,5-7H2,1-4H3,(H2,18,20,21,22). The maximum Gasteiger partial charge on any atom is 0.249 e. The van der Waals surface area contributed by atoms with Crippen LogP contribution in [0.15, 0.2) is 18.3 Å². The second-order valence-corrected chi connectivity index (χ2v) is 6.08. The molecule has 0 bridgehead atoms. The van der Waals surface area contributed by atoms with Gasteiger partial charge in [-0.25, -0.2) is 0 Å². The molecule has 0 amide bonds. The molecule has 0 aliphatic heterocycles. The van der Waals surface area contributed by atoms with Crippen molar-refractivity contribution in [2.45, 2.75) is 13.3 Å². The van der Waals surface area contributed by atoms with Gasteiger partial charge in [0.25, 0.3) is 0 Å². The van der Waals surface area contributed by atoms with E-state index in [9.17, 15) is 0 Å². The molecule has 0 spiro atoms. The van der Waals surface area contributed by atoms with Gasteiger partial charge in [-0.1, -0.05) is 11.6 Å². The Morgan fingerprint density at radius 3 is 2.79 bits per heavy atom. The number of halogens is 1. The number of rotatable bonds is 8. The van der Waals surface area contributed by atoms with Crippen molar-refractivity contribution in [2.75, 3.05) is 44.9 Å². The summed E-state index contributed by atoms with van der Waals surface area (Å²) in [6.45, 7) is 3.76. The molecular weight excluding hydrogens is 328 g/mol. The number of hydrogen-bond acceptors (Lipinski definition) is 7. The van der Waals surface area contributed by atoms with Crippen LogP contribution in [0.4, 0.5) is 17.5 Å². The van der Waals surface area contributed by atoms with Gasteiger partial charge in [-0.15, -0.1) is 5.10 Å². The number of anilines is 3. The summed E-state index contributed by atoms with van der Waals surface area (Å²) in [5.41, 5.74) is 1.68. The van der Waals surface area contributed by atoms with E-state index < -0.39 is 0 Å². The summed E-state index contributed by atoms with van der Waals surface area (Å²) in [6, 6.07) is 3.65. The molecule has 1 aromatic heterocycles. The minimum atomic E-state index is 0.396. The molecule has 1 heterocycles. The summed E-state index contributed by atoms with van der Waals surface area (Å²) in [7, 11) is 5.69. The van der Waals surface area contributed by atoms with E-state index in [-0.39, 0.29) is 0 Å². The average Bonchev–Trinajstić information content (AvgIpc) is 2.55. The van der Waals surface area contributed by atoms with E-state index in [0.717, 1.165) is 30.8 Å².